The number of anilines is 2. The second-order valence-electron chi connectivity index (χ2n) is 6.76. The molecule has 3 heterocycles. The minimum Gasteiger partial charge on any atom is -0.357 e. The van der Waals surface area contributed by atoms with Crippen molar-refractivity contribution in [2.45, 2.75) is 20.0 Å². The molecule has 156 valence electrons. The highest BCUT2D eigenvalue weighted by Gasteiger charge is 2.31. The number of carbonyl (C=O) groups excluding carboxylic acids is 1. The Labute approximate surface area is 168 Å². The smallest absolute Gasteiger partial charge is 0.357 e. The lowest BCUT2D eigenvalue weighted by Gasteiger charge is -2.35. The van der Waals surface area contributed by atoms with Gasteiger partial charge in [-0.15, -0.1) is 0 Å². The molecular weight excluding hydrogens is 383 g/mol. The highest BCUT2D eigenvalue weighted by atomic mass is 19.4. The van der Waals surface area contributed by atoms with Crippen LogP contribution in [-0.2, 0) is 6.18 Å². The Balaban J connectivity index is 1.59. The molecule has 1 aliphatic heterocycles. The van der Waals surface area contributed by atoms with Crippen LogP contribution in [0.1, 0.15) is 29.8 Å². The number of rotatable bonds is 5. The minimum absolute atomic E-state index is 0.0939. The first-order valence-corrected chi connectivity index (χ1v) is 9.62. The van der Waals surface area contributed by atoms with E-state index in [4.69, 9.17) is 0 Å². The van der Waals surface area contributed by atoms with Gasteiger partial charge in [0.1, 0.15) is 11.6 Å². The van der Waals surface area contributed by atoms with Crippen molar-refractivity contribution in [2.24, 2.45) is 0 Å². The quantitative estimate of drug-likeness (QED) is 0.761. The number of hydrogen-bond acceptors (Lipinski definition) is 5. The molecule has 0 aliphatic carbocycles. The molecule has 3 rings (SSSR count). The lowest BCUT2D eigenvalue weighted by molar-refractivity contribution is -0.137. The number of piperazine rings is 1. The molecule has 0 aromatic carbocycles. The van der Waals surface area contributed by atoms with Gasteiger partial charge in [0.25, 0.3) is 5.91 Å². The standard InChI is InChI=1S/C20H24F3N5O/c1-3-26(4-2)17-7-5-15(13-24-17)19(29)28-11-9-27(10-12-28)18-8-6-16(14-25-18)20(21,22)23/h5-8,13-14H,3-4,9-12H2,1-2H3. The SMILES string of the molecule is CCN(CC)c1ccc(C(=O)N2CCN(c3ccc(C(F)(F)F)cn3)CC2)cn1. The molecule has 2 aromatic heterocycles. The van der Waals surface area contributed by atoms with Gasteiger partial charge in [-0.05, 0) is 38.1 Å². The van der Waals surface area contributed by atoms with E-state index in [0.29, 0.717) is 37.6 Å². The molecule has 1 saturated heterocycles. The van der Waals surface area contributed by atoms with Crippen molar-refractivity contribution >= 4 is 17.5 Å². The first-order valence-electron chi connectivity index (χ1n) is 9.62. The first-order chi connectivity index (χ1) is 13.8. The van der Waals surface area contributed by atoms with Crippen LogP contribution in [0.3, 0.4) is 0 Å². The van der Waals surface area contributed by atoms with Crippen LogP contribution in [0.15, 0.2) is 36.7 Å². The predicted octanol–water partition coefficient (Wildman–Crippen LogP) is 3.30. The molecule has 2 aromatic rings. The Kier molecular flexibility index (Phi) is 6.24. The van der Waals surface area contributed by atoms with E-state index in [2.05, 4.69) is 28.7 Å². The summed E-state index contributed by atoms with van der Waals surface area (Å²) in [7, 11) is 0. The molecule has 0 spiro atoms. The maximum atomic E-state index is 12.7. The van der Waals surface area contributed by atoms with Crippen LogP contribution in [-0.4, -0.2) is 60.0 Å². The number of pyridine rings is 2. The van der Waals surface area contributed by atoms with Crippen molar-refractivity contribution in [1.29, 1.82) is 0 Å². The van der Waals surface area contributed by atoms with Gasteiger partial charge in [-0.1, -0.05) is 0 Å². The number of halogens is 3. The maximum absolute atomic E-state index is 12.7. The largest absolute Gasteiger partial charge is 0.417 e. The van der Waals surface area contributed by atoms with E-state index in [9.17, 15) is 18.0 Å². The average molecular weight is 407 g/mol. The Morgan fingerprint density at radius 2 is 1.69 bits per heavy atom. The van der Waals surface area contributed by atoms with Crippen molar-refractivity contribution < 1.29 is 18.0 Å². The lowest BCUT2D eigenvalue weighted by atomic mass is 10.2. The van der Waals surface area contributed by atoms with Crippen LogP contribution >= 0.6 is 0 Å². The zero-order valence-electron chi connectivity index (χ0n) is 16.5. The highest BCUT2D eigenvalue weighted by molar-refractivity contribution is 5.94. The highest BCUT2D eigenvalue weighted by Crippen LogP contribution is 2.29. The molecule has 1 fully saturated rings. The Hall–Kier alpha value is -2.84. The van der Waals surface area contributed by atoms with Gasteiger partial charge in [-0.25, -0.2) is 9.97 Å². The zero-order chi connectivity index (χ0) is 21.0. The third kappa shape index (κ3) is 4.78. The molecule has 9 heteroatoms. The number of alkyl halides is 3. The van der Waals surface area contributed by atoms with Gasteiger partial charge in [-0.2, -0.15) is 13.2 Å². The Morgan fingerprint density at radius 3 is 2.17 bits per heavy atom. The summed E-state index contributed by atoms with van der Waals surface area (Å²) >= 11 is 0. The summed E-state index contributed by atoms with van der Waals surface area (Å²) in [6.45, 7) is 7.75. The molecule has 0 N–H and O–H groups in total. The van der Waals surface area contributed by atoms with Crippen LogP contribution in [0.2, 0.25) is 0 Å². The fourth-order valence-electron chi connectivity index (χ4n) is 3.31. The van der Waals surface area contributed by atoms with Gasteiger partial charge in [-0.3, -0.25) is 4.79 Å². The van der Waals surface area contributed by atoms with Crippen LogP contribution < -0.4 is 9.80 Å². The molecule has 0 saturated carbocycles. The number of carbonyl (C=O) groups is 1. The molecule has 6 nitrogen and oxygen atoms in total. The summed E-state index contributed by atoms with van der Waals surface area (Å²) < 4.78 is 38.0. The van der Waals surface area contributed by atoms with Crippen LogP contribution in [0, 0.1) is 0 Å². The number of hydrogen-bond donors (Lipinski definition) is 0. The third-order valence-corrected chi connectivity index (χ3v) is 5.05. The van der Waals surface area contributed by atoms with Gasteiger partial charge in [0, 0.05) is 51.7 Å². The van der Waals surface area contributed by atoms with Gasteiger partial charge in [0.05, 0.1) is 11.1 Å². The van der Waals surface area contributed by atoms with Crippen LogP contribution in [0.5, 0.6) is 0 Å². The number of aromatic nitrogens is 2. The molecule has 0 unspecified atom stereocenters. The normalized spacial score (nSPS) is 14.8. The summed E-state index contributed by atoms with van der Waals surface area (Å²) in [5, 5.41) is 0. The summed E-state index contributed by atoms with van der Waals surface area (Å²) in [5.41, 5.74) is -0.238. The monoisotopic (exact) mass is 407 g/mol. The van der Waals surface area contributed by atoms with Gasteiger partial charge < -0.3 is 14.7 Å². The van der Waals surface area contributed by atoms with E-state index in [0.717, 1.165) is 31.2 Å². The van der Waals surface area contributed by atoms with E-state index >= 15 is 0 Å². The van der Waals surface area contributed by atoms with Crippen molar-refractivity contribution in [3.8, 4) is 0 Å². The Morgan fingerprint density at radius 1 is 1.00 bits per heavy atom. The summed E-state index contributed by atoms with van der Waals surface area (Å²) in [5.74, 6) is 1.23. The molecule has 29 heavy (non-hydrogen) atoms. The van der Waals surface area contributed by atoms with Crippen LogP contribution in [0.25, 0.3) is 0 Å². The average Bonchev–Trinajstić information content (AvgIpc) is 2.74. The van der Waals surface area contributed by atoms with E-state index < -0.39 is 11.7 Å². The van der Waals surface area contributed by atoms with E-state index in [1.807, 2.05) is 11.0 Å². The molecule has 0 bridgehead atoms. The summed E-state index contributed by atoms with van der Waals surface area (Å²) in [6, 6.07) is 6.04. The van der Waals surface area contributed by atoms with E-state index in [-0.39, 0.29) is 5.91 Å². The zero-order valence-corrected chi connectivity index (χ0v) is 16.5. The Bertz CT molecular complexity index is 812. The van der Waals surface area contributed by atoms with Gasteiger partial charge in [0.2, 0.25) is 0 Å². The van der Waals surface area contributed by atoms with Gasteiger partial charge in [0.15, 0.2) is 0 Å². The van der Waals surface area contributed by atoms with Crippen LogP contribution in [0.4, 0.5) is 24.8 Å². The summed E-state index contributed by atoms with van der Waals surface area (Å²) in [6.07, 6.45) is -1.96. The lowest BCUT2D eigenvalue weighted by Crippen LogP contribution is -2.49. The fourth-order valence-corrected chi connectivity index (χ4v) is 3.31. The van der Waals surface area contributed by atoms with E-state index in [1.165, 1.54) is 6.07 Å². The second-order valence-corrected chi connectivity index (χ2v) is 6.76. The molecule has 0 atom stereocenters. The second kappa shape index (κ2) is 8.67. The summed E-state index contributed by atoms with van der Waals surface area (Å²) in [4.78, 5) is 26.8. The maximum Gasteiger partial charge on any atom is 0.417 e. The molecule has 1 aliphatic rings. The van der Waals surface area contributed by atoms with Crippen molar-refractivity contribution in [1.82, 2.24) is 14.9 Å². The predicted molar refractivity (Wildman–Crippen MR) is 105 cm³/mol. The first kappa shape index (κ1) is 20.9. The van der Waals surface area contributed by atoms with Crippen molar-refractivity contribution in [3.05, 3.63) is 47.8 Å². The minimum atomic E-state index is -4.40. The van der Waals surface area contributed by atoms with E-state index in [1.54, 1.807) is 17.2 Å². The van der Waals surface area contributed by atoms with Gasteiger partial charge >= 0.3 is 6.18 Å². The fraction of sp³-hybridized carbons (Fsp3) is 0.450. The molecular formula is C20H24F3N5O. The van der Waals surface area contributed by atoms with Crippen molar-refractivity contribution in [2.75, 3.05) is 49.1 Å². The topological polar surface area (TPSA) is 52.6 Å². The molecule has 0 radical (unpaired) electrons. The van der Waals surface area contributed by atoms with Crippen molar-refractivity contribution in [3.63, 3.8) is 0 Å². The number of nitrogens with zero attached hydrogens (tertiary/aromatic N) is 5. The number of amides is 1. The molecule has 1 amide bonds. The third-order valence-electron chi connectivity index (χ3n) is 5.05.